The average Bonchev–Trinajstić information content (AvgIpc) is 3.23. The number of para-hydroxylation sites is 1. The van der Waals surface area contributed by atoms with Gasteiger partial charge in [0.15, 0.2) is 4.80 Å². The second-order valence-corrected chi connectivity index (χ2v) is 9.65. The smallest absolute Gasteiger partial charge is 0.271 e. The fourth-order valence-corrected chi connectivity index (χ4v) is 5.69. The number of carbonyl (C=O) groups is 1. The number of thiazole rings is 1. The molecule has 0 aliphatic carbocycles. The summed E-state index contributed by atoms with van der Waals surface area (Å²) in [5, 5.41) is 0. The monoisotopic (exact) mass is 535 g/mol. The molecule has 1 aromatic heterocycles. The molecule has 0 radical (unpaired) electrons. The summed E-state index contributed by atoms with van der Waals surface area (Å²) in [5.41, 5.74) is 2.21. The Hall–Kier alpha value is -3.85. The average molecular weight is 536 g/mol. The van der Waals surface area contributed by atoms with Crippen LogP contribution < -0.4 is 29.1 Å². The molecule has 2 heterocycles. The molecule has 1 aliphatic rings. The molecule has 38 heavy (non-hydrogen) atoms. The predicted octanol–water partition coefficient (Wildman–Crippen LogP) is 3.52. The van der Waals surface area contributed by atoms with Gasteiger partial charge >= 0.3 is 0 Å². The van der Waals surface area contributed by atoms with E-state index in [1.807, 2.05) is 64.1 Å². The largest absolute Gasteiger partial charge is 0.497 e. The Balaban J connectivity index is 2.02. The standard InChI is InChI=1S/C29H33N3O5S/c1-7-31(8-2)28(34)25-18(4)30-29-32(26(25)21-17-20(35-5)14-15-23(21)36-6)27(33)24(38-29)16-19-12-10-11-13-22(19)37-9-3/h10-17,26H,7-9H2,1-6H3/b24-16+/t26-/m1/s1. The van der Waals surface area contributed by atoms with Crippen LogP contribution in [-0.4, -0.2) is 49.3 Å². The highest BCUT2D eigenvalue weighted by Crippen LogP contribution is 2.38. The van der Waals surface area contributed by atoms with Crippen LogP contribution in [0.2, 0.25) is 0 Å². The lowest BCUT2D eigenvalue weighted by Crippen LogP contribution is -2.43. The van der Waals surface area contributed by atoms with E-state index in [-0.39, 0.29) is 11.5 Å². The van der Waals surface area contributed by atoms with Crippen LogP contribution in [0.1, 0.15) is 44.9 Å². The Labute approximate surface area is 226 Å². The number of likely N-dealkylation sites (N-methyl/N-ethyl adjacent to an activating group) is 1. The first-order valence-electron chi connectivity index (χ1n) is 12.6. The number of ether oxygens (including phenoxy) is 3. The molecule has 0 N–H and O–H groups in total. The number of allylic oxidation sites excluding steroid dienone is 1. The van der Waals surface area contributed by atoms with Gasteiger partial charge < -0.3 is 19.1 Å². The number of aromatic nitrogens is 1. The first-order chi connectivity index (χ1) is 18.4. The van der Waals surface area contributed by atoms with Crippen LogP contribution >= 0.6 is 11.3 Å². The lowest BCUT2D eigenvalue weighted by atomic mass is 9.93. The van der Waals surface area contributed by atoms with Crippen molar-refractivity contribution in [2.75, 3.05) is 33.9 Å². The summed E-state index contributed by atoms with van der Waals surface area (Å²) in [6.45, 7) is 9.19. The van der Waals surface area contributed by atoms with E-state index in [9.17, 15) is 9.59 Å². The molecule has 0 bridgehead atoms. The van der Waals surface area contributed by atoms with Gasteiger partial charge in [-0.3, -0.25) is 14.2 Å². The van der Waals surface area contributed by atoms with Gasteiger partial charge in [-0.15, -0.1) is 0 Å². The van der Waals surface area contributed by atoms with Gasteiger partial charge in [-0.25, -0.2) is 4.99 Å². The number of rotatable bonds is 9. The summed E-state index contributed by atoms with van der Waals surface area (Å²) >= 11 is 1.28. The summed E-state index contributed by atoms with van der Waals surface area (Å²) in [5.74, 6) is 1.67. The molecule has 9 heteroatoms. The van der Waals surface area contributed by atoms with Crippen LogP contribution in [0.3, 0.4) is 0 Å². The van der Waals surface area contributed by atoms with Gasteiger partial charge in [0, 0.05) is 24.2 Å². The predicted molar refractivity (Wildman–Crippen MR) is 149 cm³/mol. The van der Waals surface area contributed by atoms with E-state index in [4.69, 9.17) is 19.2 Å². The van der Waals surface area contributed by atoms with Crippen LogP contribution in [0.15, 0.2) is 63.5 Å². The first kappa shape index (κ1) is 27.2. The third-order valence-electron chi connectivity index (χ3n) is 6.54. The molecule has 200 valence electrons. The molecule has 1 amide bonds. The summed E-state index contributed by atoms with van der Waals surface area (Å²) in [6.07, 6.45) is 1.82. The molecule has 4 rings (SSSR count). The molecule has 8 nitrogen and oxygen atoms in total. The van der Waals surface area contributed by atoms with Gasteiger partial charge in [-0.1, -0.05) is 29.5 Å². The van der Waals surface area contributed by atoms with Gasteiger partial charge in [-0.2, -0.15) is 0 Å². The molecule has 0 saturated heterocycles. The maximum Gasteiger partial charge on any atom is 0.271 e. The van der Waals surface area contributed by atoms with Crippen molar-refractivity contribution >= 4 is 23.3 Å². The molecule has 3 aromatic rings. The van der Waals surface area contributed by atoms with Crippen LogP contribution in [0, 0.1) is 0 Å². The molecule has 0 saturated carbocycles. The molecule has 1 aliphatic heterocycles. The van der Waals surface area contributed by atoms with Gasteiger partial charge in [0.1, 0.15) is 23.3 Å². The Morgan fingerprint density at radius 2 is 1.82 bits per heavy atom. The van der Waals surface area contributed by atoms with Gasteiger partial charge in [-0.05, 0) is 58.0 Å². The minimum Gasteiger partial charge on any atom is -0.497 e. The molecule has 1 atom stereocenters. The summed E-state index contributed by atoms with van der Waals surface area (Å²) in [6, 6.07) is 12.2. The number of methoxy groups -OCH3 is 2. The Morgan fingerprint density at radius 3 is 2.47 bits per heavy atom. The van der Waals surface area contributed by atoms with E-state index in [2.05, 4.69) is 0 Å². The van der Waals surface area contributed by atoms with Gasteiger partial charge in [0.2, 0.25) is 0 Å². The minimum atomic E-state index is -0.742. The Bertz CT molecular complexity index is 1550. The summed E-state index contributed by atoms with van der Waals surface area (Å²) in [4.78, 5) is 34.9. The van der Waals surface area contributed by atoms with E-state index in [1.54, 1.807) is 35.8 Å². The molecule has 0 unspecified atom stereocenters. The highest BCUT2D eigenvalue weighted by molar-refractivity contribution is 7.07. The Morgan fingerprint density at radius 1 is 1.08 bits per heavy atom. The van der Waals surface area contributed by atoms with Crippen molar-refractivity contribution in [3.8, 4) is 17.2 Å². The van der Waals surface area contributed by atoms with E-state index in [0.717, 1.165) is 5.56 Å². The van der Waals surface area contributed by atoms with Crippen molar-refractivity contribution in [2.45, 2.75) is 33.7 Å². The highest BCUT2D eigenvalue weighted by atomic mass is 32.1. The first-order valence-corrected chi connectivity index (χ1v) is 13.5. The normalized spacial score (nSPS) is 15.1. The lowest BCUT2D eigenvalue weighted by Gasteiger charge is -2.30. The zero-order chi connectivity index (χ0) is 27.4. The molecular formula is C29H33N3O5S. The van der Waals surface area contributed by atoms with E-state index in [0.29, 0.717) is 63.1 Å². The van der Waals surface area contributed by atoms with E-state index >= 15 is 0 Å². The van der Waals surface area contributed by atoms with Crippen molar-refractivity contribution in [2.24, 2.45) is 4.99 Å². The second kappa shape index (κ2) is 11.7. The molecule has 2 aromatic carbocycles. The van der Waals surface area contributed by atoms with Crippen molar-refractivity contribution in [1.29, 1.82) is 0 Å². The van der Waals surface area contributed by atoms with Crippen LogP contribution in [-0.2, 0) is 4.79 Å². The van der Waals surface area contributed by atoms with E-state index in [1.165, 1.54) is 11.3 Å². The van der Waals surface area contributed by atoms with Crippen LogP contribution in [0.5, 0.6) is 17.2 Å². The van der Waals surface area contributed by atoms with Crippen LogP contribution in [0.4, 0.5) is 0 Å². The fraction of sp³-hybridized carbons (Fsp3) is 0.345. The van der Waals surface area contributed by atoms with E-state index < -0.39 is 6.04 Å². The minimum absolute atomic E-state index is 0.165. The lowest BCUT2D eigenvalue weighted by molar-refractivity contribution is -0.127. The van der Waals surface area contributed by atoms with Crippen molar-refractivity contribution in [3.63, 3.8) is 0 Å². The van der Waals surface area contributed by atoms with Gasteiger partial charge in [0.25, 0.3) is 11.5 Å². The number of hydrogen-bond donors (Lipinski definition) is 0. The molecular weight excluding hydrogens is 502 g/mol. The summed E-state index contributed by atoms with van der Waals surface area (Å²) < 4.78 is 19.1. The molecule has 0 spiro atoms. The van der Waals surface area contributed by atoms with Gasteiger partial charge in [0.05, 0.1) is 36.6 Å². The van der Waals surface area contributed by atoms with Crippen LogP contribution in [0.25, 0.3) is 6.08 Å². The van der Waals surface area contributed by atoms with Crippen molar-refractivity contribution in [1.82, 2.24) is 9.47 Å². The van der Waals surface area contributed by atoms with Crippen molar-refractivity contribution < 1.29 is 19.0 Å². The number of fused-ring (bicyclic) bond motifs is 1. The third-order valence-corrected chi connectivity index (χ3v) is 7.52. The number of benzene rings is 2. The third kappa shape index (κ3) is 4.98. The number of hydrogen-bond acceptors (Lipinski definition) is 7. The maximum atomic E-state index is 14.0. The maximum absolute atomic E-state index is 14.0. The Kier molecular flexibility index (Phi) is 8.36. The summed E-state index contributed by atoms with van der Waals surface area (Å²) in [7, 11) is 3.15. The fourth-order valence-electron chi connectivity index (χ4n) is 4.65. The van der Waals surface area contributed by atoms with Crippen molar-refractivity contribution in [3.05, 3.63) is 84.5 Å². The second-order valence-electron chi connectivity index (χ2n) is 8.64. The number of nitrogens with zero attached hydrogens (tertiary/aromatic N) is 3. The number of amides is 1. The topological polar surface area (TPSA) is 82.4 Å². The SMILES string of the molecule is CCOc1ccccc1/C=c1/sc2n(c1=O)[C@H](c1cc(OC)ccc1OC)C(C(=O)N(CC)CC)=C(C)N=2. The zero-order valence-corrected chi connectivity index (χ0v) is 23.4. The quantitative estimate of drug-likeness (QED) is 0.419. The number of carbonyl (C=O) groups excluding carboxylic acids is 1. The highest BCUT2D eigenvalue weighted by Gasteiger charge is 2.36. The molecule has 0 fully saturated rings. The zero-order valence-electron chi connectivity index (χ0n) is 22.6.